The zero-order valence-electron chi connectivity index (χ0n) is 31.7. The molecular weight excluding hydrogens is 737 g/mol. The Labute approximate surface area is 334 Å². The quantitative estimate of drug-likeness (QED) is 0.205. The molecule has 4 aromatic carbocycles. The minimum Gasteiger partial charge on any atom is -0.493 e. The third kappa shape index (κ3) is 9.53. The molecule has 4 heterocycles. The minimum atomic E-state index is 0.310. The molecule has 0 fully saturated rings. The number of anilines is 2. The number of para-hydroxylation sites is 4. The smallest absolute Gasteiger partial charge is 0.266 e. The van der Waals surface area contributed by atoms with Gasteiger partial charge < -0.3 is 18.9 Å². The molecule has 0 bridgehead atoms. The lowest BCUT2D eigenvalue weighted by atomic mass is 10.2. The first-order valence-electron chi connectivity index (χ1n) is 19.2. The number of ether oxygens (including phenoxy) is 4. The molecule has 0 amide bonds. The molecule has 294 valence electrons. The average Bonchev–Trinajstić information content (AvgIpc) is 3.84. The van der Waals surface area contributed by atoms with Crippen LogP contribution in [-0.4, -0.2) is 81.0 Å². The van der Waals surface area contributed by atoms with Crippen LogP contribution in [0.4, 0.5) is 11.9 Å². The molecule has 58 heavy (non-hydrogen) atoms. The Bertz CT molecular complexity index is 2250. The van der Waals surface area contributed by atoms with Crippen LogP contribution >= 0.6 is 0 Å². The molecular formula is C42H42N12O4. The lowest BCUT2D eigenvalue weighted by molar-refractivity contribution is 0.266. The van der Waals surface area contributed by atoms with Crippen LogP contribution in [0.5, 0.6) is 23.0 Å². The molecule has 2 aliphatic heterocycles. The Morgan fingerprint density at radius 2 is 0.741 bits per heavy atom. The van der Waals surface area contributed by atoms with E-state index in [1.165, 1.54) is 0 Å². The number of hydrogen-bond acceptors (Lipinski definition) is 14. The molecule has 0 aliphatic carbocycles. The number of benzene rings is 4. The van der Waals surface area contributed by atoms with E-state index in [9.17, 15) is 0 Å². The van der Waals surface area contributed by atoms with Crippen molar-refractivity contribution in [1.82, 2.24) is 29.7 Å². The molecule has 0 spiro atoms. The highest BCUT2D eigenvalue weighted by molar-refractivity contribution is 5.85. The first-order valence-corrected chi connectivity index (χ1v) is 19.2. The Morgan fingerprint density at radius 3 is 1.10 bits per heavy atom. The van der Waals surface area contributed by atoms with Crippen molar-refractivity contribution in [1.29, 1.82) is 0 Å². The summed E-state index contributed by atoms with van der Waals surface area (Å²) in [5, 5.41) is 36.4. The van der Waals surface area contributed by atoms with E-state index in [0.717, 1.165) is 59.4 Å². The van der Waals surface area contributed by atoms with Gasteiger partial charge in [0.1, 0.15) is 23.0 Å². The highest BCUT2D eigenvalue weighted by atomic mass is 16.5. The van der Waals surface area contributed by atoms with Crippen LogP contribution < -0.4 is 29.8 Å². The predicted molar refractivity (Wildman–Crippen MR) is 222 cm³/mol. The number of hydrazone groups is 2. The van der Waals surface area contributed by atoms with Crippen molar-refractivity contribution < 1.29 is 18.9 Å². The predicted octanol–water partition coefficient (Wildman–Crippen LogP) is 6.41. The van der Waals surface area contributed by atoms with Gasteiger partial charge in [0.25, 0.3) is 11.9 Å². The van der Waals surface area contributed by atoms with Gasteiger partial charge in [-0.2, -0.15) is 29.8 Å². The van der Waals surface area contributed by atoms with E-state index in [0.29, 0.717) is 74.3 Å². The van der Waals surface area contributed by atoms with Gasteiger partial charge in [-0.05, 0) is 74.2 Å². The molecule has 16 nitrogen and oxygen atoms in total. The van der Waals surface area contributed by atoms with Crippen molar-refractivity contribution in [2.24, 2.45) is 20.4 Å². The summed E-state index contributed by atoms with van der Waals surface area (Å²) >= 11 is 0. The van der Waals surface area contributed by atoms with Crippen LogP contribution in [0.3, 0.4) is 0 Å². The van der Waals surface area contributed by atoms with E-state index >= 15 is 0 Å². The second-order valence-electron chi connectivity index (χ2n) is 13.2. The molecule has 0 radical (unpaired) electrons. The van der Waals surface area contributed by atoms with Crippen molar-refractivity contribution in [2.45, 2.75) is 38.5 Å². The normalized spacial score (nSPS) is 16.9. The van der Waals surface area contributed by atoms with E-state index in [1.54, 1.807) is 34.2 Å². The number of nitrogens with one attached hydrogen (secondary N) is 2. The number of aryl methyl sites for hydroxylation is 2. The second kappa shape index (κ2) is 19.0. The first kappa shape index (κ1) is 37.6. The van der Waals surface area contributed by atoms with Crippen molar-refractivity contribution in [3.8, 4) is 23.0 Å². The molecule has 2 aliphatic rings. The van der Waals surface area contributed by atoms with Gasteiger partial charge in [0, 0.05) is 35.1 Å². The highest BCUT2D eigenvalue weighted by Gasteiger charge is 2.17. The van der Waals surface area contributed by atoms with Gasteiger partial charge in [0.05, 0.1) is 51.3 Å². The van der Waals surface area contributed by atoms with Gasteiger partial charge in [-0.1, -0.05) is 48.5 Å². The number of hydrogen-bond donors (Lipinski definition) is 2. The molecule has 0 atom stereocenters. The summed E-state index contributed by atoms with van der Waals surface area (Å²) in [5.41, 5.74) is 9.27. The van der Waals surface area contributed by atoms with Gasteiger partial charge in [-0.3, -0.25) is 0 Å². The van der Waals surface area contributed by atoms with E-state index < -0.39 is 0 Å². The molecule has 0 unspecified atom stereocenters. The number of nitrogens with zero attached hydrogens (tertiary/aromatic N) is 10. The topological polar surface area (TPSA) is 172 Å². The van der Waals surface area contributed by atoms with Crippen molar-refractivity contribution in [3.05, 3.63) is 131 Å². The summed E-state index contributed by atoms with van der Waals surface area (Å²) in [4.78, 5) is 0. The first-order chi connectivity index (χ1) is 28.8. The summed E-state index contributed by atoms with van der Waals surface area (Å²) in [7, 11) is 0. The molecule has 0 saturated carbocycles. The third-order valence-electron chi connectivity index (χ3n) is 9.13. The lowest BCUT2D eigenvalue weighted by Gasteiger charge is -2.10. The highest BCUT2D eigenvalue weighted by Crippen LogP contribution is 2.22. The molecule has 2 N–H and O–H groups in total. The number of rotatable bonds is 3. The van der Waals surface area contributed by atoms with E-state index in [-0.39, 0.29) is 0 Å². The molecule has 16 heteroatoms. The maximum Gasteiger partial charge on any atom is 0.266 e. The maximum atomic E-state index is 6.16. The maximum absolute atomic E-state index is 6.16. The lowest BCUT2D eigenvalue weighted by Crippen LogP contribution is -2.08. The van der Waals surface area contributed by atoms with Crippen LogP contribution in [0, 0.1) is 0 Å². The number of aromatic nitrogens is 6. The monoisotopic (exact) mass is 778 g/mol. The largest absolute Gasteiger partial charge is 0.493 e. The second-order valence-corrected chi connectivity index (χ2v) is 13.2. The Morgan fingerprint density at radius 1 is 0.414 bits per heavy atom. The zero-order valence-corrected chi connectivity index (χ0v) is 31.7. The molecule has 2 aromatic heterocycles. The number of fused-ring (bicyclic) bond motifs is 6. The molecule has 6 aromatic rings. The fourth-order valence-electron chi connectivity index (χ4n) is 6.11. The van der Waals surface area contributed by atoms with Crippen LogP contribution in [0.25, 0.3) is 0 Å². The standard InChI is InChI=1S/C42H42N12O4/c1-5-17-35-31(13-1)27-43-49-41-51-47-39(53(41)45-29-33-15-3-7-19-37(33)57-25-11-9-23-55-35)21-22-40-48-52-42-50-44-28-32-14-2-6-18-36(32)56-24-10-12-26-58-38-20-8-4-16-34(38)30-46-54(40)42/h1-8,13-20,27-30H,9-12,21-26H2,(H,49,51)(H,50,52)/b43-27+,44-28+,45-29+,46-30+. The van der Waals surface area contributed by atoms with Gasteiger partial charge in [0.15, 0.2) is 11.6 Å². The van der Waals surface area contributed by atoms with Crippen LogP contribution in [0.1, 0.15) is 59.6 Å². The van der Waals surface area contributed by atoms with E-state index in [1.807, 2.05) is 97.1 Å². The summed E-state index contributed by atoms with van der Waals surface area (Å²) in [6, 6.07) is 31.0. The average molecular weight is 779 g/mol. The Balaban J connectivity index is 1.10. The van der Waals surface area contributed by atoms with Gasteiger partial charge in [0.2, 0.25) is 0 Å². The van der Waals surface area contributed by atoms with Gasteiger partial charge in [-0.25, -0.2) is 10.9 Å². The van der Waals surface area contributed by atoms with Crippen LogP contribution in [0.2, 0.25) is 0 Å². The van der Waals surface area contributed by atoms with Crippen molar-refractivity contribution >= 4 is 36.8 Å². The summed E-state index contributed by atoms with van der Waals surface area (Å²) in [5.74, 6) is 4.60. The fraction of sp³-hybridized carbons (Fsp3) is 0.238. The SMILES string of the molecule is C1=N/Nc2nnc(CCc3nnc4n3/N=C/c3ccccc3OCCCCOc3ccccc3/C=N/N4)n2/N=C/c2ccccc2OCCCCOc2ccccc2/1. The molecule has 8 rings (SSSR count). The van der Waals surface area contributed by atoms with E-state index in [2.05, 4.69) is 41.4 Å². The van der Waals surface area contributed by atoms with Crippen LogP contribution in [0.15, 0.2) is 117 Å². The summed E-state index contributed by atoms with van der Waals surface area (Å²) in [6.07, 6.45) is 10.9. The van der Waals surface area contributed by atoms with Gasteiger partial charge in [-0.15, -0.1) is 20.4 Å². The van der Waals surface area contributed by atoms with Crippen LogP contribution in [-0.2, 0) is 12.8 Å². The third-order valence-corrected chi connectivity index (χ3v) is 9.13. The summed E-state index contributed by atoms with van der Waals surface area (Å²) in [6.45, 7) is 2.18. The Kier molecular flexibility index (Phi) is 12.3. The van der Waals surface area contributed by atoms with Crippen molar-refractivity contribution in [3.63, 3.8) is 0 Å². The van der Waals surface area contributed by atoms with E-state index in [4.69, 9.17) is 29.2 Å². The molecule has 0 saturated heterocycles. The zero-order chi connectivity index (χ0) is 39.2. The summed E-state index contributed by atoms with van der Waals surface area (Å²) < 4.78 is 27.7. The fourth-order valence-corrected chi connectivity index (χ4v) is 6.11. The van der Waals surface area contributed by atoms with Gasteiger partial charge >= 0.3 is 0 Å². The Hall–Kier alpha value is -7.36. The van der Waals surface area contributed by atoms with Crippen molar-refractivity contribution in [2.75, 3.05) is 37.3 Å². The minimum absolute atomic E-state index is 0.310.